The minimum Gasteiger partial charge on any atom is -0.510 e. The van der Waals surface area contributed by atoms with Crippen molar-refractivity contribution < 1.29 is 30.4 Å². The van der Waals surface area contributed by atoms with E-state index >= 15 is 0 Å². The van der Waals surface area contributed by atoms with Crippen LogP contribution in [0.25, 0.3) is 88.3 Å². The summed E-state index contributed by atoms with van der Waals surface area (Å²) in [5.41, 5.74) is 9.54. The van der Waals surface area contributed by atoms with Crippen LogP contribution in [-0.4, -0.2) is 23.3 Å². The van der Waals surface area contributed by atoms with E-state index in [1.807, 2.05) is 82.3 Å². The van der Waals surface area contributed by atoms with Crippen LogP contribution in [0, 0.1) is 18.5 Å². The number of benzene rings is 7. The molecule has 0 saturated carbocycles. The number of nitrogens with zero attached hydrogens (tertiary/aromatic N) is 6. The fraction of sp³-hybridized carbons (Fsp3) is 0.0196. The van der Waals surface area contributed by atoms with Gasteiger partial charge in [-0.3, -0.25) is 4.57 Å². The minimum absolute atomic E-state index is 0. The predicted octanol–water partition coefficient (Wildman–Crippen LogP) is 11.2. The molecule has 7 nitrogen and oxygen atoms in total. The fourth-order valence-electron chi connectivity index (χ4n) is 8.87. The van der Waals surface area contributed by atoms with Gasteiger partial charge in [0.1, 0.15) is 5.82 Å². The average molecular weight is 940 g/mol. The number of hydrogen-bond donors (Lipinski definition) is 0. The van der Waals surface area contributed by atoms with Crippen LogP contribution < -0.4 is 9.30 Å². The van der Waals surface area contributed by atoms with E-state index in [-0.39, 0.29) is 21.1 Å². The number of para-hydroxylation sites is 4. The van der Waals surface area contributed by atoms with Crippen molar-refractivity contribution >= 4 is 65.4 Å². The van der Waals surface area contributed by atoms with Crippen LogP contribution >= 0.6 is 0 Å². The first-order valence-corrected chi connectivity index (χ1v) is 19.3. The molecule has 0 radical (unpaired) electrons. The van der Waals surface area contributed by atoms with Crippen molar-refractivity contribution in [3.8, 4) is 34.4 Å². The van der Waals surface area contributed by atoms with Crippen molar-refractivity contribution in [1.82, 2.24) is 23.3 Å². The number of fused-ring (bicyclic) bond motifs is 12. The number of pyridine rings is 1. The van der Waals surface area contributed by atoms with Crippen LogP contribution in [0.15, 0.2) is 176 Å². The van der Waals surface area contributed by atoms with Crippen molar-refractivity contribution in [2.24, 2.45) is 7.05 Å². The molecule has 0 N–H and O–H groups in total. The first kappa shape index (κ1) is 35.0. The first-order valence-electron chi connectivity index (χ1n) is 19.3. The van der Waals surface area contributed by atoms with Crippen molar-refractivity contribution in [3.63, 3.8) is 0 Å². The molecule has 7 aromatic carbocycles. The molecule has 12 rings (SSSR count). The van der Waals surface area contributed by atoms with E-state index in [0.29, 0.717) is 11.5 Å². The molecule has 0 bridgehead atoms. The smallest absolute Gasteiger partial charge is 0.267 e. The molecule has 5 heterocycles. The van der Waals surface area contributed by atoms with Crippen LogP contribution in [0.3, 0.4) is 0 Å². The third-order valence-corrected chi connectivity index (χ3v) is 11.3. The molecule has 0 aliphatic heterocycles. The zero-order valence-electron chi connectivity index (χ0n) is 31.7. The van der Waals surface area contributed by atoms with E-state index < -0.39 is 0 Å². The Labute approximate surface area is 353 Å². The fourth-order valence-corrected chi connectivity index (χ4v) is 8.87. The van der Waals surface area contributed by atoms with Crippen molar-refractivity contribution in [1.29, 1.82) is 0 Å². The van der Waals surface area contributed by atoms with Crippen LogP contribution in [0.2, 0.25) is 0 Å². The monoisotopic (exact) mass is 939 g/mol. The van der Waals surface area contributed by atoms with Gasteiger partial charge in [0.25, 0.3) is 6.33 Å². The molecule has 0 saturated heterocycles. The molecular formula is C51H32N6OPt-2. The second-order valence-corrected chi connectivity index (χ2v) is 14.5. The molecule has 0 atom stereocenters. The van der Waals surface area contributed by atoms with Gasteiger partial charge in [-0.1, -0.05) is 84.4 Å². The van der Waals surface area contributed by atoms with Gasteiger partial charge < -0.3 is 23.0 Å². The number of rotatable bonds is 6. The molecule has 0 aliphatic rings. The summed E-state index contributed by atoms with van der Waals surface area (Å²) < 4.78 is 17.6. The first-order chi connectivity index (χ1) is 28.7. The van der Waals surface area contributed by atoms with Crippen LogP contribution in [0.5, 0.6) is 11.5 Å². The van der Waals surface area contributed by atoms with E-state index in [1.165, 1.54) is 16.2 Å². The second-order valence-electron chi connectivity index (χ2n) is 14.5. The Hall–Kier alpha value is -7.21. The summed E-state index contributed by atoms with van der Waals surface area (Å²) in [7, 11) is 2.19. The minimum atomic E-state index is 0. The van der Waals surface area contributed by atoms with Gasteiger partial charge >= 0.3 is 0 Å². The molecule has 0 unspecified atom stereocenters. The molecule has 0 aliphatic carbocycles. The standard InChI is InChI=1S/C51H32N6O.Pt/c1-53-42-23-10-8-21-39(42)48-49-46(47-40-22-9-11-24-43(40)56(51(47)50(48)53)35-17-6-3-7-18-35)41-27-26-38(32-44(41)57(49)45-25-12-13-28-52-45)58-37-20-14-19-36(31-37)55-30-29-54(33-55)34-15-4-2-5-16-34;/h2-30H,1H3;/q-2;. The summed E-state index contributed by atoms with van der Waals surface area (Å²) >= 11 is 0. The molecule has 284 valence electrons. The number of aromatic nitrogens is 6. The molecular weight excluding hydrogens is 908 g/mol. The Morgan fingerprint density at radius 2 is 1.22 bits per heavy atom. The van der Waals surface area contributed by atoms with E-state index in [2.05, 4.69) is 142 Å². The van der Waals surface area contributed by atoms with Gasteiger partial charge in [-0.05, 0) is 59.6 Å². The Morgan fingerprint density at radius 1 is 0.542 bits per heavy atom. The Kier molecular flexibility index (Phi) is 8.14. The maximum absolute atomic E-state index is 6.62. The molecule has 0 spiro atoms. The predicted molar refractivity (Wildman–Crippen MR) is 231 cm³/mol. The molecule has 59 heavy (non-hydrogen) atoms. The number of aryl methyl sites for hydroxylation is 1. The summed E-state index contributed by atoms with van der Waals surface area (Å²) in [6.45, 7) is 0. The van der Waals surface area contributed by atoms with Gasteiger partial charge in [0.05, 0.1) is 27.8 Å². The zero-order valence-corrected chi connectivity index (χ0v) is 33.9. The molecule has 12 aromatic rings. The SMILES string of the molecule is Cn1c2ccccc2c2c1c1c(c3ccccc3n1-c1ccccc1)c1c3ccc(Oc4[c-]c(-[n+]5[c-]n(-c6ccccc6)cc5)ccc4)[c-]c3n(-c3ccccn3)c12.[Pt]. The Balaban J connectivity index is 0.00000397. The summed E-state index contributed by atoms with van der Waals surface area (Å²) in [5, 5.41) is 6.92. The van der Waals surface area contributed by atoms with Crippen LogP contribution in [0.1, 0.15) is 0 Å². The number of imidazole rings is 1. The number of hydrogen-bond acceptors (Lipinski definition) is 2. The third-order valence-electron chi connectivity index (χ3n) is 11.3. The van der Waals surface area contributed by atoms with Crippen LogP contribution in [0.4, 0.5) is 0 Å². The van der Waals surface area contributed by atoms with Crippen LogP contribution in [-0.2, 0) is 28.1 Å². The van der Waals surface area contributed by atoms with E-state index in [9.17, 15) is 0 Å². The van der Waals surface area contributed by atoms with Gasteiger partial charge in [-0.15, -0.1) is 29.7 Å². The maximum Gasteiger partial charge on any atom is 0.267 e. The largest absolute Gasteiger partial charge is 0.510 e. The topological polar surface area (TPSA) is 45.7 Å². The summed E-state index contributed by atoms with van der Waals surface area (Å²) in [5.74, 6) is 1.96. The number of ether oxygens (including phenoxy) is 1. The summed E-state index contributed by atoms with van der Waals surface area (Å²) in [6.07, 6.45) is 9.20. The van der Waals surface area contributed by atoms with Gasteiger partial charge in [0.15, 0.2) is 0 Å². The van der Waals surface area contributed by atoms with Crippen molar-refractivity contribution in [2.75, 3.05) is 0 Å². The third kappa shape index (κ3) is 5.32. The molecule has 0 amide bonds. The normalized spacial score (nSPS) is 11.7. The van der Waals surface area contributed by atoms with Gasteiger partial charge in [0, 0.05) is 91.0 Å². The van der Waals surface area contributed by atoms with Gasteiger partial charge in [-0.25, -0.2) is 4.98 Å². The van der Waals surface area contributed by atoms with Gasteiger partial charge in [-0.2, -0.15) is 18.2 Å². The maximum atomic E-state index is 6.62. The molecule has 8 heteroatoms. The van der Waals surface area contributed by atoms with E-state index in [0.717, 1.165) is 72.1 Å². The quantitative estimate of drug-likeness (QED) is 0.123. The molecule has 5 aromatic heterocycles. The average Bonchev–Trinajstić information content (AvgIpc) is 4.05. The molecule has 0 fully saturated rings. The van der Waals surface area contributed by atoms with E-state index in [1.54, 1.807) is 0 Å². The van der Waals surface area contributed by atoms with E-state index in [4.69, 9.17) is 9.72 Å². The Bertz CT molecular complexity index is 3550. The van der Waals surface area contributed by atoms with Gasteiger partial charge in [0.2, 0.25) is 0 Å². The summed E-state index contributed by atoms with van der Waals surface area (Å²) in [6, 6.07) is 61.7. The van der Waals surface area contributed by atoms with Crippen molar-refractivity contribution in [3.05, 3.63) is 195 Å². The summed E-state index contributed by atoms with van der Waals surface area (Å²) in [4.78, 5) is 4.97. The Morgan fingerprint density at radius 3 is 2.00 bits per heavy atom. The van der Waals surface area contributed by atoms with Crippen molar-refractivity contribution in [2.45, 2.75) is 0 Å². The second kappa shape index (κ2) is 13.7. The zero-order chi connectivity index (χ0) is 38.3.